The van der Waals surface area contributed by atoms with Crippen molar-refractivity contribution in [2.45, 2.75) is 64.1 Å². The molecule has 2 aromatic rings. The van der Waals surface area contributed by atoms with Gasteiger partial charge in [0.05, 0.1) is 11.4 Å². The maximum Gasteiger partial charge on any atom is 0.274 e. The summed E-state index contributed by atoms with van der Waals surface area (Å²) in [6.07, 6.45) is 5.40. The molecule has 28 heavy (non-hydrogen) atoms. The van der Waals surface area contributed by atoms with Crippen molar-refractivity contribution >= 4 is 29.1 Å². The first-order valence-corrected chi connectivity index (χ1v) is 10.0. The van der Waals surface area contributed by atoms with Crippen LogP contribution in [0.15, 0.2) is 29.1 Å². The van der Waals surface area contributed by atoms with E-state index in [-0.39, 0.29) is 42.0 Å². The van der Waals surface area contributed by atoms with Crippen molar-refractivity contribution in [2.24, 2.45) is 17.6 Å². The predicted octanol–water partition coefficient (Wildman–Crippen LogP) is 3.04. The van der Waals surface area contributed by atoms with Crippen molar-refractivity contribution in [1.82, 2.24) is 15.1 Å². The fourth-order valence-corrected chi connectivity index (χ4v) is 4.97. The van der Waals surface area contributed by atoms with Gasteiger partial charge in [-0.3, -0.25) is 9.59 Å². The third kappa shape index (κ3) is 3.67. The molecule has 0 spiro atoms. The second kappa shape index (κ2) is 8.21. The van der Waals surface area contributed by atoms with Gasteiger partial charge in [0.1, 0.15) is 0 Å². The number of fused-ring (bicyclic) bond motifs is 3. The Morgan fingerprint density at radius 2 is 1.79 bits per heavy atom. The Labute approximate surface area is 171 Å². The molecule has 6 nitrogen and oxygen atoms in total. The van der Waals surface area contributed by atoms with Gasteiger partial charge in [0.2, 0.25) is 0 Å². The lowest BCUT2D eigenvalue weighted by Crippen LogP contribution is -2.54. The number of carbonyl (C=O) groups excluding carboxylic acids is 1. The minimum absolute atomic E-state index is 0. The molecule has 1 aromatic heterocycles. The van der Waals surface area contributed by atoms with E-state index in [1.807, 2.05) is 26.0 Å². The van der Waals surface area contributed by atoms with E-state index in [1.54, 1.807) is 12.1 Å². The van der Waals surface area contributed by atoms with Crippen molar-refractivity contribution < 1.29 is 4.79 Å². The number of rotatable bonds is 3. The lowest BCUT2D eigenvalue weighted by Gasteiger charge is -2.45. The van der Waals surface area contributed by atoms with Gasteiger partial charge in [-0.2, -0.15) is 5.10 Å². The van der Waals surface area contributed by atoms with E-state index in [4.69, 9.17) is 5.73 Å². The van der Waals surface area contributed by atoms with Gasteiger partial charge in [-0.05, 0) is 57.4 Å². The number of aromatic nitrogens is 2. The minimum atomic E-state index is -0.182. The zero-order chi connectivity index (χ0) is 19.1. The molecule has 0 radical (unpaired) electrons. The summed E-state index contributed by atoms with van der Waals surface area (Å²) in [5, 5.41) is 8.86. The standard InChI is InChI=1S/C21H28N4O2.ClH/c1-12(2)25-21(27)17-9-4-3-8-16(17)19(24-25)20(26)23-18-13-6-5-7-14(18)11-15(22)10-13;/h3-4,8-9,12-15,18H,5-7,10-11,22H2,1-2H3,(H,23,26);1H. The summed E-state index contributed by atoms with van der Waals surface area (Å²) in [4.78, 5) is 25.9. The zero-order valence-electron chi connectivity index (χ0n) is 16.4. The van der Waals surface area contributed by atoms with Crippen LogP contribution in [0.2, 0.25) is 0 Å². The van der Waals surface area contributed by atoms with Crippen LogP contribution in [-0.2, 0) is 0 Å². The lowest BCUT2D eigenvalue weighted by atomic mass is 9.67. The molecule has 3 N–H and O–H groups in total. The second-order valence-electron chi connectivity index (χ2n) is 8.42. The van der Waals surface area contributed by atoms with Crippen LogP contribution in [0.1, 0.15) is 62.5 Å². The predicted molar refractivity (Wildman–Crippen MR) is 113 cm³/mol. The van der Waals surface area contributed by atoms with Crippen molar-refractivity contribution in [1.29, 1.82) is 0 Å². The molecule has 1 aromatic carbocycles. The summed E-state index contributed by atoms with van der Waals surface area (Å²) in [5.74, 6) is 0.704. The van der Waals surface area contributed by atoms with Gasteiger partial charge >= 0.3 is 0 Å². The molecular formula is C21H29ClN4O2. The molecule has 0 aliphatic heterocycles. The van der Waals surface area contributed by atoms with E-state index in [2.05, 4.69) is 10.4 Å². The van der Waals surface area contributed by atoms with Crippen LogP contribution < -0.4 is 16.6 Å². The molecular weight excluding hydrogens is 376 g/mol. The molecule has 0 saturated heterocycles. The first-order valence-electron chi connectivity index (χ1n) is 10.0. The van der Waals surface area contributed by atoms with Crippen molar-refractivity contribution in [2.75, 3.05) is 0 Å². The topological polar surface area (TPSA) is 90.0 Å². The number of amides is 1. The van der Waals surface area contributed by atoms with Crippen LogP contribution in [0.5, 0.6) is 0 Å². The number of carbonyl (C=O) groups is 1. The average Bonchev–Trinajstić information content (AvgIpc) is 2.62. The summed E-state index contributed by atoms with van der Waals surface area (Å²) in [6, 6.07) is 7.53. The molecule has 2 unspecified atom stereocenters. The molecule has 2 saturated carbocycles. The maximum atomic E-state index is 13.2. The van der Waals surface area contributed by atoms with Crippen LogP contribution in [0.3, 0.4) is 0 Å². The third-order valence-corrected chi connectivity index (χ3v) is 6.21. The Kier molecular flexibility index (Phi) is 6.10. The Balaban J connectivity index is 0.00000225. The van der Waals surface area contributed by atoms with Crippen LogP contribution >= 0.6 is 12.4 Å². The normalized spacial score (nSPS) is 26.7. The second-order valence-corrected chi connectivity index (χ2v) is 8.42. The molecule has 2 aliphatic carbocycles. The van der Waals surface area contributed by atoms with E-state index in [1.165, 1.54) is 11.1 Å². The molecule has 2 fully saturated rings. The van der Waals surface area contributed by atoms with E-state index in [0.29, 0.717) is 28.3 Å². The highest BCUT2D eigenvalue weighted by Gasteiger charge is 2.40. The van der Waals surface area contributed by atoms with Gasteiger partial charge in [-0.1, -0.05) is 24.6 Å². The Hall–Kier alpha value is -1.92. The highest BCUT2D eigenvalue weighted by atomic mass is 35.5. The van der Waals surface area contributed by atoms with E-state index in [9.17, 15) is 9.59 Å². The highest BCUT2D eigenvalue weighted by molar-refractivity contribution is 6.04. The molecule has 1 amide bonds. The quantitative estimate of drug-likeness (QED) is 0.822. The summed E-state index contributed by atoms with van der Waals surface area (Å²) in [6.45, 7) is 3.80. The van der Waals surface area contributed by atoms with Crippen molar-refractivity contribution in [3.63, 3.8) is 0 Å². The number of hydrogen-bond donors (Lipinski definition) is 2. The first kappa shape index (κ1) is 20.8. The van der Waals surface area contributed by atoms with E-state index < -0.39 is 0 Å². The van der Waals surface area contributed by atoms with Crippen LogP contribution in [0.25, 0.3) is 10.8 Å². The smallest absolute Gasteiger partial charge is 0.274 e. The van der Waals surface area contributed by atoms with Gasteiger partial charge in [0, 0.05) is 17.5 Å². The number of halogens is 1. The minimum Gasteiger partial charge on any atom is -0.347 e. The number of hydrogen-bond acceptors (Lipinski definition) is 4. The molecule has 1 heterocycles. The SMILES string of the molecule is CC(C)n1nc(C(=O)NC2C3CCCC2CC(N)C3)c2ccccc2c1=O.Cl. The Morgan fingerprint density at radius 1 is 1.18 bits per heavy atom. The Morgan fingerprint density at radius 3 is 2.39 bits per heavy atom. The van der Waals surface area contributed by atoms with Gasteiger partial charge in [0.15, 0.2) is 5.69 Å². The zero-order valence-corrected chi connectivity index (χ0v) is 17.2. The highest BCUT2D eigenvalue weighted by Crippen LogP contribution is 2.39. The van der Waals surface area contributed by atoms with Crippen LogP contribution in [-0.4, -0.2) is 27.8 Å². The number of benzene rings is 1. The van der Waals surface area contributed by atoms with Crippen molar-refractivity contribution in [3.05, 3.63) is 40.3 Å². The lowest BCUT2D eigenvalue weighted by molar-refractivity contribution is 0.0751. The van der Waals surface area contributed by atoms with Gasteiger partial charge in [0.25, 0.3) is 11.5 Å². The van der Waals surface area contributed by atoms with E-state index in [0.717, 1.165) is 25.7 Å². The molecule has 2 bridgehead atoms. The molecule has 7 heteroatoms. The largest absolute Gasteiger partial charge is 0.347 e. The van der Waals surface area contributed by atoms with Gasteiger partial charge in [-0.25, -0.2) is 4.68 Å². The first-order chi connectivity index (χ1) is 13.0. The molecule has 4 rings (SSSR count). The number of nitrogens with one attached hydrogen (secondary N) is 1. The number of nitrogens with zero attached hydrogens (tertiary/aromatic N) is 2. The van der Waals surface area contributed by atoms with Crippen molar-refractivity contribution in [3.8, 4) is 0 Å². The van der Waals surface area contributed by atoms with Crippen LogP contribution in [0.4, 0.5) is 0 Å². The summed E-state index contributed by atoms with van der Waals surface area (Å²) in [5.41, 5.74) is 6.39. The third-order valence-electron chi connectivity index (χ3n) is 6.21. The van der Waals surface area contributed by atoms with Crippen LogP contribution in [0, 0.1) is 11.8 Å². The number of nitrogens with two attached hydrogens (primary N) is 1. The van der Waals surface area contributed by atoms with Gasteiger partial charge < -0.3 is 11.1 Å². The monoisotopic (exact) mass is 404 g/mol. The summed E-state index contributed by atoms with van der Waals surface area (Å²) < 4.78 is 1.41. The fourth-order valence-electron chi connectivity index (χ4n) is 4.97. The molecule has 2 atom stereocenters. The summed E-state index contributed by atoms with van der Waals surface area (Å²) in [7, 11) is 0. The van der Waals surface area contributed by atoms with E-state index >= 15 is 0 Å². The summed E-state index contributed by atoms with van der Waals surface area (Å²) >= 11 is 0. The average molecular weight is 405 g/mol. The molecule has 152 valence electrons. The van der Waals surface area contributed by atoms with Gasteiger partial charge in [-0.15, -0.1) is 12.4 Å². The Bertz CT molecular complexity index is 912. The fraction of sp³-hybridized carbons (Fsp3) is 0.571. The maximum absolute atomic E-state index is 13.2. The molecule has 2 aliphatic rings.